The zero-order chi connectivity index (χ0) is 17.1. The van der Waals surface area contributed by atoms with Crippen LogP contribution in [0.25, 0.3) is 0 Å². The topological polar surface area (TPSA) is 46.5 Å². The van der Waals surface area contributed by atoms with Crippen molar-refractivity contribution in [2.75, 3.05) is 32.8 Å². The van der Waals surface area contributed by atoms with Crippen LogP contribution < -0.4 is 5.32 Å². The van der Waals surface area contributed by atoms with Gasteiger partial charge in [-0.3, -0.25) is 9.69 Å². The summed E-state index contributed by atoms with van der Waals surface area (Å²) in [6, 6.07) is 4.50. The zero-order valence-corrected chi connectivity index (χ0v) is 15.2. The minimum absolute atomic E-state index is 0.0915. The fourth-order valence-corrected chi connectivity index (χ4v) is 4.62. The van der Waals surface area contributed by atoms with Gasteiger partial charge in [-0.2, -0.15) is 0 Å². The standard InChI is InChI=1S/C20H31N3O2/c24-19(18-6-5-11-23(18)17-7-8-17)21-16-20(9-3-1-2-4-10-20)22-12-14-25-15-13-22/h5-6,11,17H,1-4,7-10,12-16H2,(H,21,24). The maximum Gasteiger partial charge on any atom is 0.267 e. The number of amides is 1. The molecule has 2 heterocycles. The lowest BCUT2D eigenvalue weighted by Crippen LogP contribution is -2.58. The van der Waals surface area contributed by atoms with Gasteiger partial charge >= 0.3 is 0 Å². The van der Waals surface area contributed by atoms with Crippen LogP contribution in [-0.4, -0.2) is 53.8 Å². The summed E-state index contributed by atoms with van der Waals surface area (Å²) >= 11 is 0. The van der Waals surface area contributed by atoms with Crippen LogP contribution in [0.3, 0.4) is 0 Å². The van der Waals surface area contributed by atoms with Gasteiger partial charge in [0.15, 0.2) is 0 Å². The number of aromatic nitrogens is 1. The summed E-state index contributed by atoms with van der Waals surface area (Å²) in [5.74, 6) is 0.0915. The Balaban J connectivity index is 1.46. The molecule has 3 aliphatic rings. The summed E-state index contributed by atoms with van der Waals surface area (Å²) in [5, 5.41) is 3.30. The number of nitrogens with one attached hydrogen (secondary N) is 1. The molecule has 2 saturated carbocycles. The summed E-state index contributed by atoms with van der Waals surface area (Å²) in [7, 11) is 0. The number of rotatable bonds is 5. The molecule has 0 bridgehead atoms. The van der Waals surface area contributed by atoms with Gasteiger partial charge in [-0.05, 0) is 37.8 Å². The fourth-order valence-electron chi connectivity index (χ4n) is 4.62. The Hall–Kier alpha value is -1.33. The van der Waals surface area contributed by atoms with E-state index in [1.54, 1.807) is 0 Å². The van der Waals surface area contributed by atoms with E-state index in [0.29, 0.717) is 6.04 Å². The predicted molar refractivity (Wildman–Crippen MR) is 97.9 cm³/mol. The van der Waals surface area contributed by atoms with E-state index in [0.717, 1.165) is 38.5 Å². The van der Waals surface area contributed by atoms with Crippen molar-refractivity contribution in [3.05, 3.63) is 24.0 Å². The number of nitrogens with zero attached hydrogens (tertiary/aromatic N) is 2. The number of carbonyl (C=O) groups excluding carboxylic acids is 1. The number of hydrogen-bond acceptors (Lipinski definition) is 3. The highest BCUT2D eigenvalue weighted by atomic mass is 16.5. The van der Waals surface area contributed by atoms with Gasteiger partial charge in [-0.15, -0.1) is 0 Å². The molecule has 0 spiro atoms. The molecule has 138 valence electrons. The van der Waals surface area contributed by atoms with Gasteiger partial charge in [-0.1, -0.05) is 25.7 Å². The molecule has 4 rings (SSSR count). The molecular weight excluding hydrogens is 314 g/mol. The van der Waals surface area contributed by atoms with Gasteiger partial charge in [0.1, 0.15) is 5.69 Å². The van der Waals surface area contributed by atoms with E-state index in [-0.39, 0.29) is 11.4 Å². The SMILES string of the molecule is O=C(NCC1(N2CCOCC2)CCCCCC1)c1cccn1C1CC1. The number of carbonyl (C=O) groups is 1. The van der Waals surface area contributed by atoms with E-state index < -0.39 is 0 Å². The molecule has 1 saturated heterocycles. The molecule has 1 aromatic rings. The molecule has 0 aromatic carbocycles. The van der Waals surface area contributed by atoms with Crippen LogP contribution in [0.2, 0.25) is 0 Å². The summed E-state index contributed by atoms with van der Waals surface area (Å²) in [6.45, 7) is 4.39. The Morgan fingerprint density at radius 2 is 1.88 bits per heavy atom. The first kappa shape index (κ1) is 17.1. The van der Waals surface area contributed by atoms with Gasteiger partial charge in [0.2, 0.25) is 0 Å². The lowest BCUT2D eigenvalue weighted by atomic mass is 9.87. The Bertz CT molecular complexity index is 580. The molecule has 0 atom stereocenters. The average Bonchev–Trinajstić information content (AvgIpc) is 3.43. The van der Waals surface area contributed by atoms with Crippen LogP contribution in [0, 0.1) is 0 Å². The van der Waals surface area contributed by atoms with Crippen LogP contribution in [0.5, 0.6) is 0 Å². The second-order valence-corrected chi connectivity index (χ2v) is 7.95. The highest BCUT2D eigenvalue weighted by Gasteiger charge is 2.38. The van der Waals surface area contributed by atoms with Gasteiger partial charge in [0.25, 0.3) is 5.91 Å². The van der Waals surface area contributed by atoms with Gasteiger partial charge in [0, 0.05) is 37.4 Å². The molecule has 1 aliphatic heterocycles. The van der Waals surface area contributed by atoms with E-state index in [1.807, 2.05) is 12.1 Å². The Labute approximate surface area is 150 Å². The average molecular weight is 345 g/mol. The smallest absolute Gasteiger partial charge is 0.267 e. The Morgan fingerprint density at radius 1 is 1.16 bits per heavy atom. The molecule has 5 heteroatoms. The van der Waals surface area contributed by atoms with Crippen molar-refractivity contribution in [1.29, 1.82) is 0 Å². The third-order valence-electron chi connectivity index (χ3n) is 6.25. The molecule has 1 amide bonds. The van der Waals surface area contributed by atoms with Crippen molar-refractivity contribution in [2.24, 2.45) is 0 Å². The molecule has 5 nitrogen and oxygen atoms in total. The predicted octanol–water partition coefficient (Wildman–Crippen LogP) is 2.98. The van der Waals surface area contributed by atoms with Crippen LogP contribution in [0.1, 0.15) is 67.9 Å². The first-order chi connectivity index (χ1) is 12.3. The quantitative estimate of drug-likeness (QED) is 0.835. The molecule has 1 N–H and O–H groups in total. The summed E-state index contributed by atoms with van der Waals surface area (Å²) in [5.41, 5.74) is 0.945. The maximum absolute atomic E-state index is 12.8. The number of morpholine rings is 1. The lowest BCUT2D eigenvalue weighted by molar-refractivity contribution is -0.0281. The first-order valence-corrected chi connectivity index (χ1v) is 10.1. The van der Waals surface area contributed by atoms with E-state index in [4.69, 9.17) is 4.74 Å². The van der Waals surface area contributed by atoms with Crippen LogP contribution in [-0.2, 0) is 4.74 Å². The van der Waals surface area contributed by atoms with Crippen molar-refractivity contribution in [3.8, 4) is 0 Å². The van der Waals surface area contributed by atoms with Gasteiger partial charge < -0.3 is 14.6 Å². The monoisotopic (exact) mass is 345 g/mol. The second kappa shape index (κ2) is 7.50. The van der Waals surface area contributed by atoms with Crippen molar-refractivity contribution in [1.82, 2.24) is 14.8 Å². The third kappa shape index (κ3) is 3.77. The molecular formula is C20H31N3O2. The van der Waals surface area contributed by atoms with Gasteiger partial charge in [-0.25, -0.2) is 0 Å². The third-order valence-corrected chi connectivity index (χ3v) is 6.25. The minimum atomic E-state index is 0.0915. The van der Waals surface area contributed by atoms with E-state index >= 15 is 0 Å². The molecule has 25 heavy (non-hydrogen) atoms. The number of hydrogen-bond donors (Lipinski definition) is 1. The highest BCUT2D eigenvalue weighted by molar-refractivity contribution is 5.92. The normalized spacial score (nSPS) is 24.6. The van der Waals surface area contributed by atoms with E-state index in [9.17, 15) is 4.79 Å². The molecule has 3 fully saturated rings. The summed E-state index contributed by atoms with van der Waals surface area (Å²) in [6.07, 6.45) is 12.0. The van der Waals surface area contributed by atoms with Crippen LogP contribution in [0.15, 0.2) is 18.3 Å². The second-order valence-electron chi connectivity index (χ2n) is 7.95. The molecule has 1 aromatic heterocycles. The molecule has 0 radical (unpaired) electrons. The van der Waals surface area contributed by atoms with Crippen LogP contribution in [0.4, 0.5) is 0 Å². The van der Waals surface area contributed by atoms with Crippen molar-refractivity contribution >= 4 is 5.91 Å². The largest absolute Gasteiger partial charge is 0.379 e. The zero-order valence-electron chi connectivity index (χ0n) is 15.2. The first-order valence-electron chi connectivity index (χ1n) is 10.1. The molecule has 2 aliphatic carbocycles. The molecule has 0 unspecified atom stereocenters. The van der Waals surface area contributed by atoms with Crippen molar-refractivity contribution in [3.63, 3.8) is 0 Å². The maximum atomic E-state index is 12.8. The summed E-state index contributed by atoms with van der Waals surface area (Å²) < 4.78 is 7.72. The lowest BCUT2D eigenvalue weighted by Gasteiger charge is -2.45. The van der Waals surface area contributed by atoms with Crippen molar-refractivity contribution in [2.45, 2.75) is 62.9 Å². The number of ether oxygens (including phenoxy) is 1. The minimum Gasteiger partial charge on any atom is -0.379 e. The van der Waals surface area contributed by atoms with E-state index in [1.165, 1.54) is 51.4 Å². The van der Waals surface area contributed by atoms with Crippen molar-refractivity contribution < 1.29 is 9.53 Å². The van der Waals surface area contributed by atoms with Crippen LogP contribution >= 0.6 is 0 Å². The fraction of sp³-hybridized carbons (Fsp3) is 0.750. The highest BCUT2D eigenvalue weighted by Crippen LogP contribution is 2.36. The summed E-state index contributed by atoms with van der Waals surface area (Å²) in [4.78, 5) is 15.4. The van der Waals surface area contributed by atoms with E-state index in [2.05, 4.69) is 21.0 Å². The van der Waals surface area contributed by atoms with Gasteiger partial charge in [0.05, 0.1) is 13.2 Å². The Kier molecular flexibility index (Phi) is 5.13. The Morgan fingerprint density at radius 3 is 2.56 bits per heavy atom.